The van der Waals surface area contributed by atoms with Crippen molar-refractivity contribution in [1.29, 1.82) is 0 Å². The number of hydrogen-bond acceptors (Lipinski definition) is 4. The van der Waals surface area contributed by atoms with Gasteiger partial charge in [0.1, 0.15) is 11.9 Å². The Bertz CT molecular complexity index is 518. The highest BCUT2D eigenvalue weighted by Crippen LogP contribution is 2.31. The second-order valence-corrected chi connectivity index (χ2v) is 4.46. The molecule has 17 heavy (non-hydrogen) atoms. The van der Waals surface area contributed by atoms with E-state index < -0.39 is 6.10 Å². The first-order valence-electron chi connectivity index (χ1n) is 5.22. The Kier molecular flexibility index (Phi) is 3.08. The first-order valence-corrected chi connectivity index (χ1v) is 5.60. The molecule has 2 rings (SSSR count). The number of H-pyrrole nitrogens is 1. The molecule has 0 bridgehead atoms. The van der Waals surface area contributed by atoms with Gasteiger partial charge in [0.05, 0.1) is 23.1 Å². The van der Waals surface area contributed by atoms with Gasteiger partial charge in [-0.05, 0) is 13.8 Å². The van der Waals surface area contributed by atoms with Crippen LogP contribution in [0, 0.1) is 0 Å². The average Bonchev–Trinajstić information content (AvgIpc) is 2.83. The van der Waals surface area contributed by atoms with Crippen molar-refractivity contribution in [3.63, 3.8) is 0 Å². The van der Waals surface area contributed by atoms with Crippen molar-refractivity contribution in [2.45, 2.75) is 26.0 Å². The maximum absolute atomic E-state index is 10.3. The molecule has 1 atom stereocenters. The summed E-state index contributed by atoms with van der Waals surface area (Å²) in [7, 11) is 0. The second kappa shape index (κ2) is 4.38. The number of nitrogens with one attached hydrogen (secondary N) is 1. The zero-order chi connectivity index (χ0) is 12.6. The fourth-order valence-electron chi connectivity index (χ4n) is 1.69. The van der Waals surface area contributed by atoms with Crippen molar-refractivity contribution in [1.82, 2.24) is 20.0 Å². The third kappa shape index (κ3) is 2.01. The third-order valence-corrected chi connectivity index (χ3v) is 2.82. The van der Waals surface area contributed by atoms with Crippen molar-refractivity contribution in [3.05, 3.63) is 28.7 Å². The van der Waals surface area contributed by atoms with Crippen LogP contribution in [0.2, 0.25) is 5.02 Å². The molecule has 2 aromatic heterocycles. The number of hydrogen-bond donors (Lipinski definition) is 3. The van der Waals surface area contributed by atoms with Gasteiger partial charge in [-0.15, -0.1) is 0 Å². The number of aromatic nitrogens is 4. The summed E-state index contributed by atoms with van der Waals surface area (Å²) >= 11 is 6.04. The lowest BCUT2D eigenvalue weighted by atomic mass is 10.1. The lowest BCUT2D eigenvalue weighted by molar-refractivity contribution is 0.206. The van der Waals surface area contributed by atoms with Crippen LogP contribution in [-0.2, 0) is 0 Å². The second-order valence-electron chi connectivity index (χ2n) is 4.06. The van der Waals surface area contributed by atoms with Crippen molar-refractivity contribution in [3.8, 4) is 0 Å². The number of aliphatic hydroxyl groups excluding tert-OH is 1. The van der Waals surface area contributed by atoms with E-state index in [2.05, 4.69) is 15.3 Å². The molecule has 2 aromatic rings. The number of nitrogens with two attached hydrogens (primary N) is 1. The molecule has 6 nitrogen and oxygen atoms in total. The van der Waals surface area contributed by atoms with Crippen LogP contribution in [0.25, 0.3) is 0 Å². The molecule has 0 aliphatic rings. The van der Waals surface area contributed by atoms with Crippen LogP contribution < -0.4 is 5.73 Å². The molecule has 0 radical (unpaired) electrons. The average molecular weight is 256 g/mol. The molecule has 1 unspecified atom stereocenters. The molecular formula is C10H14ClN5O. The van der Waals surface area contributed by atoms with Crippen LogP contribution in [0.5, 0.6) is 0 Å². The van der Waals surface area contributed by atoms with E-state index in [-0.39, 0.29) is 6.04 Å². The predicted molar refractivity (Wildman–Crippen MR) is 64.7 cm³/mol. The Morgan fingerprint density at radius 3 is 2.71 bits per heavy atom. The zero-order valence-electron chi connectivity index (χ0n) is 9.55. The lowest BCUT2D eigenvalue weighted by Crippen LogP contribution is -2.13. The van der Waals surface area contributed by atoms with Crippen LogP contribution >= 0.6 is 11.6 Å². The van der Waals surface area contributed by atoms with E-state index in [9.17, 15) is 5.11 Å². The fraction of sp³-hybridized carbons (Fsp3) is 0.400. The summed E-state index contributed by atoms with van der Waals surface area (Å²) in [5.41, 5.74) is 6.69. The van der Waals surface area contributed by atoms with Crippen molar-refractivity contribution in [2.75, 3.05) is 5.73 Å². The van der Waals surface area contributed by atoms with Crippen molar-refractivity contribution < 1.29 is 5.11 Å². The van der Waals surface area contributed by atoms with Crippen LogP contribution in [0.3, 0.4) is 0 Å². The van der Waals surface area contributed by atoms with Gasteiger partial charge >= 0.3 is 0 Å². The van der Waals surface area contributed by atoms with Crippen molar-refractivity contribution >= 4 is 17.4 Å². The summed E-state index contributed by atoms with van der Waals surface area (Å²) in [5, 5.41) is 21.2. The number of rotatable bonds is 3. The number of anilines is 1. The minimum atomic E-state index is -0.939. The van der Waals surface area contributed by atoms with Crippen LogP contribution in [-0.4, -0.2) is 25.1 Å². The van der Waals surface area contributed by atoms with E-state index in [1.807, 2.05) is 13.8 Å². The summed E-state index contributed by atoms with van der Waals surface area (Å²) < 4.78 is 1.67. The van der Waals surface area contributed by atoms with Gasteiger partial charge in [0.2, 0.25) is 0 Å². The lowest BCUT2D eigenvalue weighted by Gasteiger charge is -2.15. The van der Waals surface area contributed by atoms with Gasteiger partial charge in [-0.1, -0.05) is 11.6 Å². The standard InChI is InChI=1S/C10H14ClN5O/c1-5(2)16-8(7(11)4-14-16)9(17)6-3-13-15-10(6)12/h3-5,9,17H,1-2H3,(H3,12,13,15). The molecule has 7 heteroatoms. The highest BCUT2D eigenvalue weighted by atomic mass is 35.5. The van der Waals surface area contributed by atoms with E-state index in [1.165, 1.54) is 12.4 Å². The van der Waals surface area contributed by atoms with E-state index in [4.69, 9.17) is 17.3 Å². The Hall–Kier alpha value is -1.53. The molecule has 0 amide bonds. The van der Waals surface area contributed by atoms with E-state index in [1.54, 1.807) is 4.68 Å². The quantitative estimate of drug-likeness (QED) is 0.775. The molecule has 0 aromatic carbocycles. The highest BCUT2D eigenvalue weighted by Gasteiger charge is 2.23. The van der Waals surface area contributed by atoms with E-state index in [0.717, 1.165) is 0 Å². The number of nitrogen functional groups attached to an aromatic ring is 1. The monoisotopic (exact) mass is 255 g/mol. The van der Waals surface area contributed by atoms with Gasteiger partial charge in [-0.2, -0.15) is 10.2 Å². The summed E-state index contributed by atoms with van der Waals surface area (Å²) in [5.74, 6) is 0.324. The minimum Gasteiger partial charge on any atom is -0.384 e. The first kappa shape index (κ1) is 11.9. The van der Waals surface area contributed by atoms with E-state index >= 15 is 0 Å². The van der Waals surface area contributed by atoms with Gasteiger partial charge < -0.3 is 10.8 Å². The zero-order valence-corrected chi connectivity index (χ0v) is 10.3. The Labute approximate surface area is 103 Å². The molecule has 0 saturated heterocycles. The van der Waals surface area contributed by atoms with Crippen LogP contribution in [0.1, 0.15) is 37.3 Å². The van der Waals surface area contributed by atoms with Crippen LogP contribution in [0.4, 0.5) is 5.82 Å². The number of aromatic amines is 1. The van der Waals surface area contributed by atoms with Gasteiger partial charge in [0.25, 0.3) is 0 Å². The highest BCUT2D eigenvalue weighted by molar-refractivity contribution is 6.31. The Morgan fingerprint density at radius 1 is 1.47 bits per heavy atom. The van der Waals surface area contributed by atoms with Gasteiger partial charge in [-0.3, -0.25) is 9.78 Å². The Morgan fingerprint density at radius 2 is 2.18 bits per heavy atom. The summed E-state index contributed by atoms with van der Waals surface area (Å²) in [6.45, 7) is 3.91. The normalized spacial score (nSPS) is 13.2. The molecule has 0 saturated carbocycles. The van der Waals surface area contributed by atoms with E-state index in [0.29, 0.717) is 22.1 Å². The maximum atomic E-state index is 10.3. The first-order chi connectivity index (χ1) is 8.02. The maximum Gasteiger partial charge on any atom is 0.127 e. The third-order valence-electron chi connectivity index (χ3n) is 2.53. The van der Waals surface area contributed by atoms with Gasteiger partial charge in [-0.25, -0.2) is 0 Å². The topological polar surface area (TPSA) is 92.7 Å². The molecule has 92 valence electrons. The molecule has 2 heterocycles. The fourth-order valence-corrected chi connectivity index (χ4v) is 1.92. The summed E-state index contributed by atoms with van der Waals surface area (Å²) in [6.07, 6.45) is 2.05. The Balaban J connectivity index is 2.47. The van der Waals surface area contributed by atoms with Gasteiger partial charge in [0, 0.05) is 11.6 Å². The molecule has 0 aliphatic carbocycles. The molecule has 0 fully saturated rings. The molecular weight excluding hydrogens is 242 g/mol. The number of halogens is 1. The molecule has 0 spiro atoms. The van der Waals surface area contributed by atoms with Gasteiger partial charge in [0.15, 0.2) is 0 Å². The van der Waals surface area contributed by atoms with Crippen LogP contribution in [0.15, 0.2) is 12.4 Å². The number of nitrogens with zero attached hydrogens (tertiary/aromatic N) is 3. The molecule has 0 aliphatic heterocycles. The molecule has 4 N–H and O–H groups in total. The summed E-state index contributed by atoms with van der Waals surface area (Å²) in [4.78, 5) is 0. The largest absolute Gasteiger partial charge is 0.384 e. The summed E-state index contributed by atoms with van der Waals surface area (Å²) in [6, 6.07) is 0.0975. The van der Waals surface area contributed by atoms with Crippen molar-refractivity contribution in [2.24, 2.45) is 0 Å². The minimum absolute atomic E-state index is 0.0975. The predicted octanol–water partition coefficient (Wildman–Crippen LogP) is 1.50. The smallest absolute Gasteiger partial charge is 0.127 e. The number of aliphatic hydroxyl groups is 1. The SMILES string of the molecule is CC(C)n1ncc(Cl)c1C(O)c1cn[nH]c1N.